The summed E-state index contributed by atoms with van der Waals surface area (Å²) in [6, 6.07) is 14.3. The molecular weight excluding hydrogens is 326 g/mol. The third-order valence-electron chi connectivity index (χ3n) is 7.44. The van der Waals surface area contributed by atoms with Crippen molar-refractivity contribution in [2.75, 3.05) is 4.90 Å². The zero-order valence-corrected chi connectivity index (χ0v) is 18.2. The van der Waals surface area contributed by atoms with Gasteiger partial charge in [-0.1, -0.05) is 58.7 Å². The van der Waals surface area contributed by atoms with E-state index in [-0.39, 0.29) is 16.4 Å². The summed E-state index contributed by atoms with van der Waals surface area (Å²) >= 11 is 0. The van der Waals surface area contributed by atoms with E-state index in [0.29, 0.717) is 0 Å². The molecule has 0 bridgehead atoms. The lowest BCUT2D eigenvalue weighted by Gasteiger charge is -2.50. The number of fused-ring (bicyclic) bond motifs is 3. The second-order valence-electron chi connectivity index (χ2n) is 10.5. The molecule has 0 N–H and O–H groups in total. The summed E-state index contributed by atoms with van der Waals surface area (Å²) in [5.41, 5.74) is 9.06. The first kappa shape index (κ1) is 18.6. The Balaban J connectivity index is 1.98. The molecule has 144 valence electrons. The van der Waals surface area contributed by atoms with Crippen molar-refractivity contribution in [2.45, 2.75) is 90.5 Å². The highest BCUT2D eigenvalue weighted by Gasteiger charge is 2.57. The van der Waals surface area contributed by atoms with Gasteiger partial charge >= 0.3 is 0 Å². The quantitative estimate of drug-likeness (QED) is 0.513. The van der Waals surface area contributed by atoms with E-state index >= 15 is 0 Å². The van der Waals surface area contributed by atoms with Gasteiger partial charge in [-0.15, -0.1) is 0 Å². The molecule has 1 fully saturated rings. The molecule has 0 aromatic heterocycles. The van der Waals surface area contributed by atoms with Crippen LogP contribution < -0.4 is 4.90 Å². The number of aryl methyl sites for hydroxylation is 2. The normalized spacial score (nSPS) is 27.4. The second-order valence-corrected chi connectivity index (χ2v) is 10.5. The van der Waals surface area contributed by atoms with Crippen LogP contribution in [0.4, 0.5) is 11.4 Å². The fourth-order valence-corrected chi connectivity index (χ4v) is 5.69. The molecule has 0 radical (unpaired) electrons. The average Bonchev–Trinajstić information content (AvgIpc) is 2.77. The van der Waals surface area contributed by atoms with Gasteiger partial charge in [-0.3, -0.25) is 0 Å². The molecule has 1 aliphatic heterocycles. The van der Waals surface area contributed by atoms with Crippen LogP contribution in [0.25, 0.3) is 0 Å². The number of benzene rings is 2. The molecule has 1 aliphatic carbocycles. The monoisotopic (exact) mass is 361 g/mol. The predicted octanol–water partition coefficient (Wildman–Crippen LogP) is 7.34. The summed E-state index contributed by atoms with van der Waals surface area (Å²) in [5.74, 6) is 0. The lowest BCUT2D eigenvalue weighted by molar-refractivity contribution is 0.194. The van der Waals surface area contributed by atoms with Crippen molar-refractivity contribution in [3.05, 3.63) is 58.7 Å². The van der Waals surface area contributed by atoms with Crippen LogP contribution in [0.15, 0.2) is 36.4 Å². The minimum atomic E-state index is 0.143. The molecule has 0 amide bonds. The lowest BCUT2D eigenvalue weighted by atomic mass is 9.61. The Morgan fingerprint density at radius 2 is 1.48 bits per heavy atom. The summed E-state index contributed by atoms with van der Waals surface area (Å²) < 4.78 is 0. The van der Waals surface area contributed by atoms with Crippen LogP contribution in [0.2, 0.25) is 0 Å². The Morgan fingerprint density at radius 3 is 2.11 bits per heavy atom. The molecular formula is C26H35N. The molecule has 1 saturated carbocycles. The third kappa shape index (κ3) is 2.65. The fourth-order valence-electron chi connectivity index (χ4n) is 5.69. The maximum Gasteiger partial charge on any atom is 0.0517 e. The Labute approximate surface area is 165 Å². The van der Waals surface area contributed by atoms with Crippen molar-refractivity contribution >= 4 is 11.4 Å². The molecule has 1 heteroatoms. The van der Waals surface area contributed by atoms with Gasteiger partial charge in [-0.25, -0.2) is 0 Å². The zero-order chi connectivity index (χ0) is 19.6. The molecule has 2 atom stereocenters. The van der Waals surface area contributed by atoms with E-state index in [1.165, 1.54) is 53.7 Å². The first-order valence-corrected chi connectivity index (χ1v) is 10.6. The number of hydrogen-bond donors (Lipinski definition) is 0. The Bertz CT molecular complexity index is 867. The van der Waals surface area contributed by atoms with Gasteiger partial charge in [-0.2, -0.15) is 0 Å². The molecule has 4 rings (SSSR count). The molecule has 0 saturated heterocycles. The highest BCUT2D eigenvalue weighted by atomic mass is 15.3. The zero-order valence-electron chi connectivity index (χ0n) is 18.2. The predicted molar refractivity (Wildman–Crippen MR) is 117 cm³/mol. The average molecular weight is 362 g/mol. The molecule has 2 aromatic rings. The van der Waals surface area contributed by atoms with E-state index in [9.17, 15) is 0 Å². The minimum absolute atomic E-state index is 0.143. The number of nitrogens with zero attached hydrogens (tertiary/aromatic N) is 1. The van der Waals surface area contributed by atoms with E-state index in [1.54, 1.807) is 5.56 Å². The van der Waals surface area contributed by atoms with E-state index in [0.717, 1.165) is 0 Å². The molecule has 1 heterocycles. The van der Waals surface area contributed by atoms with Crippen molar-refractivity contribution in [3.63, 3.8) is 0 Å². The minimum Gasteiger partial charge on any atom is -0.334 e. The van der Waals surface area contributed by atoms with Gasteiger partial charge in [-0.05, 0) is 79.5 Å². The van der Waals surface area contributed by atoms with E-state index in [2.05, 4.69) is 89.8 Å². The number of anilines is 2. The largest absolute Gasteiger partial charge is 0.334 e. The Morgan fingerprint density at radius 1 is 0.852 bits per heavy atom. The van der Waals surface area contributed by atoms with Crippen molar-refractivity contribution in [1.82, 2.24) is 0 Å². The topological polar surface area (TPSA) is 3.24 Å². The van der Waals surface area contributed by atoms with Gasteiger partial charge in [0.1, 0.15) is 0 Å². The standard InChI is InChI=1S/C26H35N/c1-18-14-19(2)16-21(15-18)27-23-11-10-20(24(3,4)5)17-22(23)25(6)12-8-9-13-26(25,27)7/h10-11,14-17H,8-9,12-13H2,1-7H3. The summed E-state index contributed by atoms with van der Waals surface area (Å²) in [7, 11) is 0. The van der Waals surface area contributed by atoms with E-state index in [4.69, 9.17) is 0 Å². The highest BCUT2D eigenvalue weighted by Crippen LogP contribution is 2.61. The molecule has 27 heavy (non-hydrogen) atoms. The first-order chi connectivity index (χ1) is 12.6. The van der Waals surface area contributed by atoms with Gasteiger partial charge in [0.15, 0.2) is 0 Å². The molecule has 2 unspecified atom stereocenters. The van der Waals surface area contributed by atoms with Crippen LogP contribution in [0.3, 0.4) is 0 Å². The second kappa shape index (κ2) is 5.87. The molecule has 2 aliphatic rings. The molecule has 2 aromatic carbocycles. The maximum absolute atomic E-state index is 2.69. The van der Waals surface area contributed by atoms with Gasteiger partial charge in [0.2, 0.25) is 0 Å². The van der Waals surface area contributed by atoms with Crippen LogP contribution in [0, 0.1) is 13.8 Å². The molecule has 1 nitrogen and oxygen atoms in total. The van der Waals surface area contributed by atoms with Gasteiger partial charge in [0.05, 0.1) is 5.54 Å². The highest BCUT2D eigenvalue weighted by molar-refractivity contribution is 5.77. The lowest BCUT2D eigenvalue weighted by Crippen LogP contribution is -2.54. The van der Waals surface area contributed by atoms with Crippen molar-refractivity contribution in [3.8, 4) is 0 Å². The smallest absolute Gasteiger partial charge is 0.0517 e. The van der Waals surface area contributed by atoms with Crippen molar-refractivity contribution in [1.29, 1.82) is 0 Å². The summed E-state index contributed by atoms with van der Waals surface area (Å²) in [5, 5.41) is 0. The summed E-state index contributed by atoms with van der Waals surface area (Å²) in [4.78, 5) is 2.69. The van der Waals surface area contributed by atoms with Crippen LogP contribution in [0.5, 0.6) is 0 Å². The Hall–Kier alpha value is -1.76. The third-order valence-corrected chi connectivity index (χ3v) is 7.44. The SMILES string of the molecule is Cc1cc(C)cc(N2c3ccc(C(C)(C)C)cc3C3(C)CCCCC23C)c1. The number of rotatable bonds is 1. The maximum atomic E-state index is 2.69. The van der Waals surface area contributed by atoms with Crippen molar-refractivity contribution < 1.29 is 0 Å². The van der Waals surface area contributed by atoms with Gasteiger partial charge in [0.25, 0.3) is 0 Å². The summed E-state index contributed by atoms with van der Waals surface area (Å²) in [6.07, 6.45) is 5.21. The van der Waals surface area contributed by atoms with Crippen LogP contribution in [0.1, 0.15) is 82.6 Å². The van der Waals surface area contributed by atoms with Gasteiger partial charge < -0.3 is 4.90 Å². The van der Waals surface area contributed by atoms with Crippen LogP contribution in [-0.4, -0.2) is 5.54 Å². The van der Waals surface area contributed by atoms with E-state index in [1.807, 2.05) is 0 Å². The molecule has 0 spiro atoms. The van der Waals surface area contributed by atoms with Crippen LogP contribution in [-0.2, 0) is 10.8 Å². The summed E-state index contributed by atoms with van der Waals surface area (Å²) in [6.45, 7) is 16.5. The van der Waals surface area contributed by atoms with Crippen LogP contribution >= 0.6 is 0 Å². The number of hydrogen-bond acceptors (Lipinski definition) is 1. The van der Waals surface area contributed by atoms with E-state index < -0.39 is 0 Å². The Kier molecular flexibility index (Phi) is 4.04. The van der Waals surface area contributed by atoms with Gasteiger partial charge in [0, 0.05) is 16.8 Å². The fraction of sp³-hybridized carbons (Fsp3) is 0.538. The first-order valence-electron chi connectivity index (χ1n) is 10.6. The van der Waals surface area contributed by atoms with Crippen molar-refractivity contribution in [2.24, 2.45) is 0 Å².